The van der Waals surface area contributed by atoms with Gasteiger partial charge in [-0.1, -0.05) is 0 Å². The second-order valence-electron chi connectivity index (χ2n) is 5.23. The SMILES string of the molecule is COCCOc1cc(C=O)ccc1OC(=O)OC(C)(C)C. The van der Waals surface area contributed by atoms with Gasteiger partial charge in [0.25, 0.3) is 0 Å². The van der Waals surface area contributed by atoms with Crippen LogP contribution in [0.2, 0.25) is 0 Å². The van der Waals surface area contributed by atoms with Crippen LogP contribution in [0.25, 0.3) is 0 Å². The van der Waals surface area contributed by atoms with Gasteiger partial charge in [-0.3, -0.25) is 4.79 Å². The molecule has 1 aromatic rings. The summed E-state index contributed by atoms with van der Waals surface area (Å²) in [5.41, 5.74) is -0.240. The van der Waals surface area contributed by atoms with Crippen molar-refractivity contribution in [3.63, 3.8) is 0 Å². The molecular formula is C15H20O6. The third-order valence-corrected chi connectivity index (χ3v) is 2.23. The van der Waals surface area contributed by atoms with Gasteiger partial charge in [0.2, 0.25) is 0 Å². The number of rotatable bonds is 6. The Morgan fingerprint density at radius 1 is 1.19 bits per heavy atom. The van der Waals surface area contributed by atoms with Gasteiger partial charge in [0.1, 0.15) is 18.5 Å². The molecule has 0 bridgehead atoms. The molecule has 116 valence electrons. The highest BCUT2D eigenvalue weighted by molar-refractivity contribution is 5.77. The van der Waals surface area contributed by atoms with Crippen LogP contribution in [-0.4, -0.2) is 38.4 Å². The largest absolute Gasteiger partial charge is 0.514 e. The van der Waals surface area contributed by atoms with Gasteiger partial charge in [-0.2, -0.15) is 0 Å². The third-order valence-electron chi connectivity index (χ3n) is 2.23. The smallest absolute Gasteiger partial charge is 0.487 e. The second-order valence-corrected chi connectivity index (χ2v) is 5.23. The molecular weight excluding hydrogens is 276 g/mol. The number of methoxy groups -OCH3 is 1. The average molecular weight is 296 g/mol. The van der Waals surface area contributed by atoms with Crippen molar-refractivity contribution in [2.45, 2.75) is 26.4 Å². The van der Waals surface area contributed by atoms with Crippen LogP contribution in [0, 0.1) is 0 Å². The highest BCUT2D eigenvalue weighted by Gasteiger charge is 2.19. The van der Waals surface area contributed by atoms with Gasteiger partial charge in [0.05, 0.1) is 6.61 Å². The predicted molar refractivity (Wildman–Crippen MR) is 76.1 cm³/mol. The molecule has 6 nitrogen and oxygen atoms in total. The molecule has 0 N–H and O–H groups in total. The molecule has 0 aliphatic carbocycles. The first-order valence-corrected chi connectivity index (χ1v) is 6.47. The molecule has 0 atom stereocenters. The van der Waals surface area contributed by atoms with E-state index < -0.39 is 11.8 Å². The summed E-state index contributed by atoms with van der Waals surface area (Å²) in [4.78, 5) is 22.5. The lowest BCUT2D eigenvalue weighted by atomic mass is 10.2. The van der Waals surface area contributed by atoms with E-state index in [1.54, 1.807) is 27.9 Å². The highest BCUT2D eigenvalue weighted by Crippen LogP contribution is 2.28. The predicted octanol–water partition coefficient (Wildman–Crippen LogP) is 2.84. The number of carbonyl (C=O) groups excluding carboxylic acids is 2. The molecule has 0 saturated heterocycles. The Kier molecular flexibility index (Phi) is 6.17. The zero-order valence-corrected chi connectivity index (χ0v) is 12.7. The van der Waals surface area contributed by atoms with Gasteiger partial charge in [-0.05, 0) is 39.0 Å². The highest BCUT2D eigenvalue weighted by atomic mass is 16.7. The standard InChI is InChI=1S/C15H20O6/c1-15(2,3)21-14(17)20-12-6-5-11(10-16)9-13(12)19-8-7-18-4/h5-6,9-10H,7-8H2,1-4H3. The van der Waals surface area contributed by atoms with E-state index in [0.717, 1.165) is 0 Å². The van der Waals surface area contributed by atoms with Crippen LogP contribution in [0.15, 0.2) is 18.2 Å². The molecule has 0 amide bonds. The van der Waals surface area contributed by atoms with Crippen LogP contribution >= 0.6 is 0 Å². The zero-order valence-electron chi connectivity index (χ0n) is 12.7. The Morgan fingerprint density at radius 2 is 1.90 bits per heavy atom. The average Bonchev–Trinajstić information content (AvgIpc) is 2.38. The van der Waals surface area contributed by atoms with E-state index in [0.29, 0.717) is 18.5 Å². The molecule has 0 aliphatic heterocycles. The number of carbonyl (C=O) groups is 2. The molecule has 21 heavy (non-hydrogen) atoms. The van der Waals surface area contributed by atoms with Crippen molar-refractivity contribution in [2.24, 2.45) is 0 Å². The van der Waals surface area contributed by atoms with Gasteiger partial charge < -0.3 is 18.9 Å². The minimum absolute atomic E-state index is 0.186. The number of hydrogen-bond donors (Lipinski definition) is 0. The molecule has 0 unspecified atom stereocenters. The first kappa shape index (κ1) is 17.0. The maximum atomic E-state index is 11.7. The van der Waals surface area contributed by atoms with E-state index in [1.807, 2.05) is 0 Å². The molecule has 1 rings (SSSR count). The number of hydrogen-bond acceptors (Lipinski definition) is 6. The minimum Gasteiger partial charge on any atom is -0.487 e. The summed E-state index contributed by atoms with van der Waals surface area (Å²) in [5.74, 6) is 0.466. The number of aldehydes is 1. The molecule has 0 spiro atoms. The monoisotopic (exact) mass is 296 g/mol. The molecule has 0 aliphatic rings. The van der Waals surface area contributed by atoms with Crippen LogP contribution in [0.5, 0.6) is 11.5 Å². The van der Waals surface area contributed by atoms with Crippen molar-refractivity contribution < 1.29 is 28.5 Å². The third kappa shape index (κ3) is 6.27. The van der Waals surface area contributed by atoms with Crippen molar-refractivity contribution in [3.8, 4) is 11.5 Å². The van der Waals surface area contributed by atoms with Crippen molar-refractivity contribution in [1.82, 2.24) is 0 Å². The van der Waals surface area contributed by atoms with E-state index in [2.05, 4.69) is 0 Å². The maximum Gasteiger partial charge on any atom is 0.514 e. The first-order valence-electron chi connectivity index (χ1n) is 6.47. The van der Waals surface area contributed by atoms with Crippen LogP contribution < -0.4 is 9.47 Å². The fourth-order valence-electron chi connectivity index (χ4n) is 1.39. The fraction of sp³-hybridized carbons (Fsp3) is 0.467. The number of ether oxygens (including phenoxy) is 4. The van der Waals surface area contributed by atoms with E-state index in [1.165, 1.54) is 18.2 Å². The Balaban J connectivity index is 2.83. The van der Waals surface area contributed by atoms with Crippen LogP contribution in [0.1, 0.15) is 31.1 Å². The Labute approximate surface area is 123 Å². The Hall–Kier alpha value is -2.08. The van der Waals surface area contributed by atoms with Crippen LogP contribution in [0.4, 0.5) is 4.79 Å². The second kappa shape index (κ2) is 7.64. The van der Waals surface area contributed by atoms with Gasteiger partial charge in [0, 0.05) is 12.7 Å². The fourth-order valence-corrected chi connectivity index (χ4v) is 1.39. The van der Waals surface area contributed by atoms with Gasteiger partial charge >= 0.3 is 6.16 Å². The Morgan fingerprint density at radius 3 is 2.48 bits per heavy atom. The van der Waals surface area contributed by atoms with Crippen molar-refractivity contribution in [2.75, 3.05) is 20.3 Å². The summed E-state index contributed by atoms with van der Waals surface area (Å²) in [5, 5.41) is 0. The summed E-state index contributed by atoms with van der Waals surface area (Å²) >= 11 is 0. The van der Waals surface area contributed by atoms with Gasteiger partial charge in [-0.25, -0.2) is 4.79 Å². The first-order chi connectivity index (χ1) is 9.85. The van der Waals surface area contributed by atoms with Crippen molar-refractivity contribution in [3.05, 3.63) is 23.8 Å². The maximum absolute atomic E-state index is 11.7. The lowest BCUT2D eigenvalue weighted by molar-refractivity contribution is 0.0198. The summed E-state index contributed by atoms with van der Waals surface area (Å²) in [7, 11) is 1.54. The summed E-state index contributed by atoms with van der Waals surface area (Å²) in [6.45, 7) is 5.85. The molecule has 1 aromatic carbocycles. The summed E-state index contributed by atoms with van der Waals surface area (Å²) < 4.78 is 20.5. The lowest BCUT2D eigenvalue weighted by Gasteiger charge is -2.19. The molecule has 0 saturated carbocycles. The van der Waals surface area contributed by atoms with E-state index >= 15 is 0 Å². The van der Waals surface area contributed by atoms with Crippen LogP contribution in [-0.2, 0) is 9.47 Å². The van der Waals surface area contributed by atoms with E-state index in [-0.39, 0.29) is 18.1 Å². The normalized spacial score (nSPS) is 10.9. The lowest BCUT2D eigenvalue weighted by Crippen LogP contribution is -2.26. The van der Waals surface area contributed by atoms with E-state index in [4.69, 9.17) is 18.9 Å². The molecule has 0 fully saturated rings. The topological polar surface area (TPSA) is 71.1 Å². The van der Waals surface area contributed by atoms with E-state index in [9.17, 15) is 9.59 Å². The molecule has 0 radical (unpaired) electrons. The van der Waals surface area contributed by atoms with Crippen molar-refractivity contribution in [1.29, 1.82) is 0 Å². The zero-order chi connectivity index (χ0) is 15.9. The van der Waals surface area contributed by atoms with Gasteiger partial charge in [0.15, 0.2) is 11.5 Å². The minimum atomic E-state index is -0.835. The van der Waals surface area contributed by atoms with Gasteiger partial charge in [-0.15, -0.1) is 0 Å². The summed E-state index contributed by atoms with van der Waals surface area (Å²) in [6.07, 6.45) is -0.154. The molecule has 0 aromatic heterocycles. The molecule has 0 heterocycles. The molecule has 6 heteroatoms. The number of benzene rings is 1. The van der Waals surface area contributed by atoms with Crippen molar-refractivity contribution >= 4 is 12.4 Å². The Bertz CT molecular complexity index is 489. The quantitative estimate of drug-likeness (QED) is 0.348. The summed E-state index contributed by atoms with van der Waals surface area (Å²) in [6, 6.07) is 4.49. The van der Waals surface area contributed by atoms with Crippen LogP contribution in [0.3, 0.4) is 0 Å².